The standard InChI is InChI=1S/C16H24N4O/c1-13-4-2-3-5-15(13)18-16(21)12-19-10-14(11-19)20-8-6-17-7-9-20/h2-5,14,17H,6-12H2,1H3,(H,18,21). The first-order valence-corrected chi connectivity index (χ1v) is 7.75. The lowest BCUT2D eigenvalue weighted by atomic mass is 10.1. The first-order valence-electron chi connectivity index (χ1n) is 7.75. The van der Waals surface area contributed by atoms with E-state index < -0.39 is 0 Å². The van der Waals surface area contributed by atoms with Crippen molar-refractivity contribution < 1.29 is 4.79 Å². The molecule has 5 heteroatoms. The summed E-state index contributed by atoms with van der Waals surface area (Å²) in [5.74, 6) is 0.0862. The molecule has 0 aromatic heterocycles. The number of amides is 1. The molecule has 0 aliphatic carbocycles. The van der Waals surface area contributed by atoms with Crippen LogP contribution in [0.5, 0.6) is 0 Å². The number of piperazine rings is 1. The summed E-state index contributed by atoms with van der Waals surface area (Å²) in [7, 11) is 0. The Bertz CT molecular complexity index is 493. The van der Waals surface area contributed by atoms with E-state index in [1.807, 2.05) is 31.2 Å². The molecule has 2 fully saturated rings. The number of anilines is 1. The van der Waals surface area contributed by atoms with Gasteiger partial charge >= 0.3 is 0 Å². The van der Waals surface area contributed by atoms with Gasteiger partial charge in [0.2, 0.25) is 5.91 Å². The van der Waals surface area contributed by atoms with Crippen LogP contribution in [0, 0.1) is 6.92 Å². The average Bonchev–Trinajstić information content (AvgIpc) is 2.46. The molecule has 21 heavy (non-hydrogen) atoms. The third-order valence-corrected chi connectivity index (χ3v) is 4.39. The maximum atomic E-state index is 12.1. The number of likely N-dealkylation sites (tertiary alicyclic amines) is 1. The van der Waals surface area contributed by atoms with Crippen molar-refractivity contribution in [2.24, 2.45) is 0 Å². The van der Waals surface area contributed by atoms with Crippen LogP contribution in [0.3, 0.4) is 0 Å². The Kier molecular flexibility index (Phi) is 4.53. The molecule has 0 saturated carbocycles. The summed E-state index contributed by atoms with van der Waals surface area (Å²) in [6, 6.07) is 8.54. The summed E-state index contributed by atoms with van der Waals surface area (Å²) >= 11 is 0. The van der Waals surface area contributed by atoms with Crippen molar-refractivity contribution in [1.29, 1.82) is 0 Å². The molecule has 0 spiro atoms. The number of rotatable bonds is 4. The minimum atomic E-state index is 0.0862. The van der Waals surface area contributed by atoms with Crippen LogP contribution in [0.2, 0.25) is 0 Å². The van der Waals surface area contributed by atoms with Gasteiger partial charge in [-0.1, -0.05) is 18.2 Å². The summed E-state index contributed by atoms with van der Waals surface area (Å²) in [4.78, 5) is 16.8. The van der Waals surface area contributed by atoms with Crippen molar-refractivity contribution >= 4 is 11.6 Å². The van der Waals surface area contributed by atoms with Crippen molar-refractivity contribution in [1.82, 2.24) is 15.1 Å². The SMILES string of the molecule is Cc1ccccc1NC(=O)CN1CC(N2CCNCC2)C1. The first-order chi connectivity index (χ1) is 10.2. The number of nitrogens with zero attached hydrogens (tertiary/aromatic N) is 2. The lowest BCUT2D eigenvalue weighted by Crippen LogP contribution is -2.63. The van der Waals surface area contributed by atoms with Gasteiger partial charge in [-0.05, 0) is 18.6 Å². The predicted molar refractivity (Wildman–Crippen MR) is 84.5 cm³/mol. The van der Waals surface area contributed by atoms with Gasteiger partial charge in [0, 0.05) is 51.0 Å². The zero-order valence-corrected chi connectivity index (χ0v) is 12.6. The van der Waals surface area contributed by atoms with Gasteiger partial charge in [0.1, 0.15) is 0 Å². The fourth-order valence-electron chi connectivity index (χ4n) is 3.06. The molecule has 2 aliphatic heterocycles. The predicted octanol–water partition coefficient (Wildman–Crippen LogP) is 0.523. The smallest absolute Gasteiger partial charge is 0.238 e. The molecule has 2 heterocycles. The van der Waals surface area contributed by atoms with Crippen LogP contribution in [0.25, 0.3) is 0 Å². The third-order valence-electron chi connectivity index (χ3n) is 4.39. The highest BCUT2D eigenvalue weighted by Gasteiger charge is 2.33. The number of carbonyl (C=O) groups excluding carboxylic acids is 1. The van der Waals surface area contributed by atoms with Crippen LogP contribution in [-0.4, -0.2) is 67.6 Å². The monoisotopic (exact) mass is 288 g/mol. The van der Waals surface area contributed by atoms with E-state index in [1.165, 1.54) is 0 Å². The molecule has 1 aromatic rings. The van der Waals surface area contributed by atoms with Crippen molar-refractivity contribution in [2.45, 2.75) is 13.0 Å². The van der Waals surface area contributed by atoms with Gasteiger partial charge in [-0.3, -0.25) is 14.6 Å². The largest absolute Gasteiger partial charge is 0.325 e. The molecule has 2 aliphatic rings. The lowest BCUT2D eigenvalue weighted by Gasteiger charge is -2.46. The quantitative estimate of drug-likeness (QED) is 0.848. The molecule has 3 rings (SSSR count). The molecular formula is C16H24N4O. The van der Waals surface area contributed by atoms with E-state index in [0.29, 0.717) is 12.6 Å². The van der Waals surface area contributed by atoms with Crippen LogP contribution in [0.1, 0.15) is 5.56 Å². The van der Waals surface area contributed by atoms with Gasteiger partial charge in [-0.25, -0.2) is 0 Å². The minimum Gasteiger partial charge on any atom is -0.325 e. The Labute approximate surface area is 126 Å². The highest BCUT2D eigenvalue weighted by molar-refractivity contribution is 5.93. The number of carbonyl (C=O) groups is 1. The van der Waals surface area contributed by atoms with Crippen molar-refractivity contribution in [3.8, 4) is 0 Å². The summed E-state index contributed by atoms with van der Waals surface area (Å²) in [6.45, 7) is 8.98. The second-order valence-corrected chi connectivity index (χ2v) is 6.00. The van der Waals surface area contributed by atoms with E-state index in [2.05, 4.69) is 20.4 Å². The Balaban J connectivity index is 1.42. The van der Waals surface area contributed by atoms with Crippen molar-refractivity contribution in [2.75, 3.05) is 51.1 Å². The number of nitrogens with one attached hydrogen (secondary N) is 2. The van der Waals surface area contributed by atoms with Gasteiger partial charge in [0.25, 0.3) is 0 Å². The molecule has 0 unspecified atom stereocenters. The highest BCUT2D eigenvalue weighted by atomic mass is 16.2. The molecular weight excluding hydrogens is 264 g/mol. The van der Waals surface area contributed by atoms with E-state index in [4.69, 9.17) is 0 Å². The number of hydrogen-bond acceptors (Lipinski definition) is 4. The van der Waals surface area contributed by atoms with E-state index in [1.54, 1.807) is 0 Å². The van der Waals surface area contributed by atoms with E-state index in [0.717, 1.165) is 50.5 Å². The van der Waals surface area contributed by atoms with Gasteiger partial charge in [-0.2, -0.15) is 0 Å². The minimum absolute atomic E-state index is 0.0862. The highest BCUT2D eigenvalue weighted by Crippen LogP contribution is 2.16. The number of para-hydroxylation sites is 1. The topological polar surface area (TPSA) is 47.6 Å². The van der Waals surface area contributed by atoms with Crippen LogP contribution < -0.4 is 10.6 Å². The third kappa shape index (κ3) is 3.61. The van der Waals surface area contributed by atoms with Gasteiger partial charge in [0.15, 0.2) is 0 Å². The van der Waals surface area contributed by atoms with E-state index in [-0.39, 0.29) is 5.91 Å². The van der Waals surface area contributed by atoms with Crippen LogP contribution >= 0.6 is 0 Å². The van der Waals surface area contributed by atoms with Gasteiger partial charge in [-0.15, -0.1) is 0 Å². The molecule has 5 nitrogen and oxygen atoms in total. The second kappa shape index (κ2) is 6.56. The number of hydrogen-bond donors (Lipinski definition) is 2. The van der Waals surface area contributed by atoms with E-state index >= 15 is 0 Å². The second-order valence-electron chi connectivity index (χ2n) is 6.00. The Morgan fingerprint density at radius 3 is 2.71 bits per heavy atom. The molecule has 0 radical (unpaired) electrons. The Morgan fingerprint density at radius 1 is 1.29 bits per heavy atom. The van der Waals surface area contributed by atoms with Crippen molar-refractivity contribution in [3.63, 3.8) is 0 Å². The van der Waals surface area contributed by atoms with Gasteiger partial charge < -0.3 is 10.6 Å². The Hall–Kier alpha value is -1.43. The molecule has 2 saturated heterocycles. The maximum absolute atomic E-state index is 12.1. The molecule has 0 bridgehead atoms. The van der Waals surface area contributed by atoms with E-state index in [9.17, 15) is 4.79 Å². The van der Waals surface area contributed by atoms with Gasteiger partial charge in [0.05, 0.1) is 6.54 Å². The van der Waals surface area contributed by atoms with Crippen LogP contribution in [-0.2, 0) is 4.79 Å². The van der Waals surface area contributed by atoms with Crippen LogP contribution in [0.15, 0.2) is 24.3 Å². The normalized spacial score (nSPS) is 21.0. The fraction of sp³-hybridized carbons (Fsp3) is 0.562. The zero-order chi connectivity index (χ0) is 14.7. The zero-order valence-electron chi connectivity index (χ0n) is 12.6. The summed E-state index contributed by atoms with van der Waals surface area (Å²) < 4.78 is 0. The number of aryl methyl sites for hydroxylation is 1. The Morgan fingerprint density at radius 2 is 2.00 bits per heavy atom. The summed E-state index contributed by atoms with van der Waals surface area (Å²) in [5.41, 5.74) is 2.02. The fourth-order valence-corrected chi connectivity index (χ4v) is 3.06. The van der Waals surface area contributed by atoms with Crippen molar-refractivity contribution in [3.05, 3.63) is 29.8 Å². The number of benzene rings is 1. The lowest BCUT2D eigenvalue weighted by molar-refractivity contribution is -0.119. The summed E-state index contributed by atoms with van der Waals surface area (Å²) in [5, 5.41) is 6.37. The maximum Gasteiger partial charge on any atom is 0.238 e. The molecule has 1 aromatic carbocycles. The molecule has 114 valence electrons. The molecule has 2 N–H and O–H groups in total. The van der Waals surface area contributed by atoms with Crippen LogP contribution in [0.4, 0.5) is 5.69 Å². The molecule has 1 amide bonds. The molecule has 0 atom stereocenters. The average molecular weight is 288 g/mol. The first kappa shape index (κ1) is 14.5. The summed E-state index contributed by atoms with van der Waals surface area (Å²) in [6.07, 6.45) is 0.